The molecule has 0 N–H and O–H groups in total. The standard InChI is InChI=1S/C15H12BrF3N2O/c1-9-8-21(14(22)13-12(16)6-7-20(9)13)11-4-2-10(3-5-11)15(17,18)19/h2-7,9H,8H2,1H3/t9-/m0/s1. The Kier molecular flexibility index (Phi) is 3.55. The zero-order chi connectivity index (χ0) is 16.1. The summed E-state index contributed by atoms with van der Waals surface area (Å²) in [6, 6.07) is 6.49. The van der Waals surface area contributed by atoms with E-state index in [0.717, 1.165) is 12.1 Å². The van der Waals surface area contributed by atoms with Gasteiger partial charge < -0.3 is 9.47 Å². The topological polar surface area (TPSA) is 25.2 Å². The fraction of sp³-hybridized carbons (Fsp3) is 0.267. The summed E-state index contributed by atoms with van der Waals surface area (Å²) < 4.78 is 40.4. The lowest BCUT2D eigenvalue weighted by Crippen LogP contribution is -2.42. The first-order chi connectivity index (χ1) is 10.3. The van der Waals surface area contributed by atoms with Gasteiger partial charge in [0.1, 0.15) is 5.69 Å². The van der Waals surface area contributed by atoms with Crippen LogP contribution < -0.4 is 4.90 Å². The third-order valence-electron chi connectivity index (χ3n) is 3.74. The number of hydrogen-bond acceptors (Lipinski definition) is 1. The Labute approximate surface area is 133 Å². The van der Waals surface area contributed by atoms with Crippen molar-refractivity contribution in [1.29, 1.82) is 0 Å². The molecule has 0 fully saturated rings. The van der Waals surface area contributed by atoms with Crippen LogP contribution in [0.5, 0.6) is 0 Å². The van der Waals surface area contributed by atoms with E-state index in [-0.39, 0.29) is 11.9 Å². The lowest BCUT2D eigenvalue weighted by Gasteiger charge is -2.33. The van der Waals surface area contributed by atoms with Crippen molar-refractivity contribution in [3.63, 3.8) is 0 Å². The Bertz CT molecular complexity index is 721. The average Bonchev–Trinajstić information content (AvgIpc) is 2.85. The fourth-order valence-electron chi connectivity index (χ4n) is 2.62. The smallest absolute Gasteiger partial charge is 0.338 e. The first-order valence-corrected chi connectivity index (χ1v) is 7.44. The van der Waals surface area contributed by atoms with Gasteiger partial charge in [-0.15, -0.1) is 0 Å². The monoisotopic (exact) mass is 372 g/mol. The third kappa shape index (κ3) is 2.43. The van der Waals surface area contributed by atoms with E-state index in [2.05, 4.69) is 15.9 Å². The van der Waals surface area contributed by atoms with Gasteiger partial charge in [0.05, 0.1) is 5.56 Å². The van der Waals surface area contributed by atoms with E-state index in [1.165, 1.54) is 17.0 Å². The van der Waals surface area contributed by atoms with Gasteiger partial charge in [0, 0.05) is 28.9 Å². The summed E-state index contributed by atoms with van der Waals surface area (Å²) in [4.78, 5) is 14.1. The summed E-state index contributed by atoms with van der Waals surface area (Å²) in [7, 11) is 0. The van der Waals surface area contributed by atoms with Gasteiger partial charge in [-0.3, -0.25) is 4.79 Å². The second-order valence-electron chi connectivity index (χ2n) is 5.23. The number of nitrogens with zero attached hydrogens (tertiary/aromatic N) is 2. The van der Waals surface area contributed by atoms with Gasteiger partial charge in [-0.05, 0) is 53.2 Å². The Balaban J connectivity index is 1.96. The largest absolute Gasteiger partial charge is 0.416 e. The zero-order valence-electron chi connectivity index (χ0n) is 11.6. The van der Waals surface area contributed by atoms with E-state index >= 15 is 0 Å². The Morgan fingerprint density at radius 3 is 2.41 bits per heavy atom. The van der Waals surface area contributed by atoms with E-state index < -0.39 is 11.7 Å². The molecule has 3 rings (SSSR count). The van der Waals surface area contributed by atoms with Gasteiger partial charge in [0.15, 0.2) is 0 Å². The minimum absolute atomic E-state index is 0.0429. The van der Waals surface area contributed by atoms with Crippen molar-refractivity contribution in [1.82, 2.24) is 4.57 Å². The molecule has 3 nitrogen and oxygen atoms in total. The van der Waals surface area contributed by atoms with Gasteiger partial charge in [-0.2, -0.15) is 13.2 Å². The lowest BCUT2D eigenvalue weighted by molar-refractivity contribution is -0.137. The number of benzene rings is 1. The van der Waals surface area contributed by atoms with E-state index in [1.54, 1.807) is 6.07 Å². The maximum Gasteiger partial charge on any atom is 0.416 e. The van der Waals surface area contributed by atoms with E-state index in [0.29, 0.717) is 22.4 Å². The summed E-state index contributed by atoms with van der Waals surface area (Å²) in [5.41, 5.74) is 0.251. The predicted molar refractivity (Wildman–Crippen MR) is 80.0 cm³/mol. The van der Waals surface area contributed by atoms with Gasteiger partial charge in [-0.1, -0.05) is 0 Å². The molecule has 0 aliphatic carbocycles. The molecule has 1 aliphatic rings. The van der Waals surface area contributed by atoms with Gasteiger partial charge >= 0.3 is 6.18 Å². The first-order valence-electron chi connectivity index (χ1n) is 6.64. The second kappa shape index (κ2) is 5.15. The van der Waals surface area contributed by atoms with Crippen molar-refractivity contribution >= 4 is 27.5 Å². The van der Waals surface area contributed by atoms with Crippen LogP contribution in [0.15, 0.2) is 41.0 Å². The molecule has 0 saturated heterocycles. The van der Waals surface area contributed by atoms with Gasteiger partial charge in [0.2, 0.25) is 0 Å². The van der Waals surface area contributed by atoms with Crippen LogP contribution in [0.3, 0.4) is 0 Å². The molecule has 1 aromatic heterocycles. The van der Waals surface area contributed by atoms with Crippen molar-refractivity contribution in [2.24, 2.45) is 0 Å². The SMILES string of the molecule is C[C@H]1CN(c2ccc(C(F)(F)F)cc2)C(=O)c2c(Br)ccn21. The van der Waals surface area contributed by atoms with Crippen LogP contribution in [0.1, 0.15) is 29.0 Å². The van der Waals surface area contributed by atoms with Crippen molar-refractivity contribution in [2.45, 2.75) is 19.1 Å². The van der Waals surface area contributed by atoms with Crippen LogP contribution >= 0.6 is 15.9 Å². The summed E-state index contributed by atoms with van der Waals surface area (Å²) in [6.45, 7) is 2.37. The highest BCUT2D eigenvalue weighted by Crippen LogP contribution is 2.34. The quantitative estimate of drug-likeness (QED) is 0.723. The summed E-state index contributed by atoms with van der Waals surface area (Å²) in [6.07, 6.45) is -2.55. The number of fused-ring (bicyclic) bond motifs is 1. The van der Waals surface area contributed by atoms with Crippen LogP contribution in [0.4, 0.5) is 18.9 Å². The first kappa shape index (κ1) is 15.1. The summed E-state index contributed by atoms with van der Waals surface area (Å²) >= 11 is 3.34. The zero-order valence-corrected chi connectivity index (χ0v) is 13.1. The van der Waals surface area contributed by atoms with E-state index in [1.807, 2.05) is 17.7 Å². The number of aromatic nitrogens is 1. The number of anilines is 1. The van der Waals surface area contributed by atoms with Crippen molar-refractivity contribution in [3.8, 4) is 0 Å². The molecule has 1 aliphatic heterocycles. The van der Waals surface area contributed by atoms with E-state index in [9.17, 15) is 18.0 Å². The minimum Gasteiger partial charge on any atom is -0.338 e. The molecule has 7 heteroatoms. The molecule has 22 heavy (non-hydrogen) atoms. The fourth-order valence-corrected chi connectivity index (χ4v) is 3.11. The number of carbonyl (C=O) groups excluding carboxylic acids is 1. The molecule has 0 bridgehead atoms. The number of hydrogen-bond donors (Lipinski definition) is 0. The Hall–Kier alpha value is -1.76. The Morgan fingerprint density at radius 2 is 1.82 bits per heavy atom. The average molecular weight is 373 g/mol. The molecule has 0 unspecified atom stereocenters. The molecular weight excluding hydrogens is 361 g/mol. The molecular formula is C15H12BrF3N2O. The number of carbonyl (C=O) groups is 1. The van der Waals surface area contributed by atoms with Crippen LogP contribution in [0.2, 0.25) is 0 Å². The molecule has 2 aromatic rings. The predicted octanol–water partition coefficient (Wildman–Crippen LogP) is 4.49. The van der Waals surface area contributed by atoms with Gasteiger partial charge in [-0.25, -0.2) is 0 Å². The molecule has 116 valence electrons. The molecule has 1 atom stereocenters. The summed E-state index contributed by atoms with van der Waals surface area (Å²) in [5.74, 6) is -0.227. The maximum absolute atomic E-state index is 12.6. The number of halogens is 4. The van der Waals surface area contributed by atoms with Crippen molar-refractivity contribution in [2.75, 3.05) is 11.4 Å². The number of rotatable bonds is 1. The lowest BCUT2D eigenvalue weighted by atomic mass is 10.1. The number of alkyl halides is 3. The third-order valence-corrected chi connectivity index (χ3v) is 4.38. The molecule has 2 heterocycles. The maximum atomic E-state index is 12.6. The molecule has 1 amide bonds. The molecule has 0 saturated carbocycles. The highest BCUT2D eigenvalue weighted by atomic mass is 79.9. The summed E-state index contributed by atoms with van der Waals surface area (Å²) in [5, 5.41) is 0. The van der Waals surface area contributed by atoms with Crippen molar-refractivity contribution < 1.29 is 18.0 Å². The second-order valence-corrected chi connectivity index (χ2v) is 6.08. The highest BCUT2D eigenvalue weighted by Gasteiger charge is 2.33. The van der Waals surface area contributed by atoms with Crippen molar-refractivity contribution in [3.05, 3.63) is 52.3 Å². The van der Waals surface area contributed by atoms with Crippen LogP contribution in [-0.2, 0) is 6.18 Å². The highest BCUT2D eigenvalue weighted by molar-refractivity contribution is 9.10. The Morgan fingerprint density at radius 1 is 1.18 bits per heavy atom. The van der Waals surface area contributed by atoms with Crippen LogP contribution in [0.25, 0.3) is 0 Å². The normalized spacial score (nSPS) is 18.5. The number of amides is 1. The molecule has 1 aromatic carbocycles. The van der Waals surface area contributed by atoms with Crippen LogP contribution in [-0.4, -0.2) is 17.0 Å². The molecule has 0 radical (unpaired) electrons. The van der Waals surface area contributed by atoms with E-state index in [4.69, 9.17) is 0 Å². The molecule has 0 spiro atoms. The minimum atomic E-state index is -4.38. The van der Waals surface area contributed by atoms with Crippen LogP contribution in [0, 0.1) is 0 Å². The van der Waals surface area contributed by atoms with Gasteiger partial charge in [0.25, 0.3) is 5.91 Å².